The zero-order valence-corrected chi connectivity index (χ0v) is 53.3. The number of nitrogens with one attached hydrogen (secondary N) is 5. The van der Waals surface area contributed by atoms with Gasteiger partial charge in [-0.2, -0.15) is 39.5 Å². The van der Waals surface area contributed by atoms with Gasteiger partial charge in [0.2, 0.25) is 0 Å². The van der Waals surface area contributed by atoms with Crippen LogP contribution in [0.5, 0.6) is 0 Å². The molecule has 10 aromatic rings. The highest BCUT2D eigenvalue weighted by atomic mass is 19.4. The van der Waals surface area contributed by atoms with Crippen LogP contribution in [-0.4, -0.2) is 29.5 Å². The predicted octanol–water partition coefficient (Wildman–Crippen LogP) is 14.5. The first-order valence-corrected chi connectivity index (χ1v) is 29.3. The number of hydrogen-bond acceptors (Lipinski definition) is 15. The number of hydrogen-bond donors (Lipinski definition) is 15. The van der Waals surface area contributed by atoms with Crippen LogP contribution in [0.1, 0.15) is 85.2 Å². The summed E-state index contributed by atoms with van der Waals surface area (Å²) in [5.74, 6) is -2.66. The van der Waals surface area contributed by atoms with Gasteiger partial charge >= 0.3 is 18.5 Å². The van der Waals surface area contributed by atoms with Gasteiger partial charge in [-0.15, -0.1) is 0 Å². The monoisotopic (exact) mass is 1380 g/mol. The third-order valence-corrected chi connectivity index (χ3v) is 13.9. The smallest absolute Gasteiger partial charge is 0.399 e. The lowest BCUT2D eigenvalue weighted by atomic mass is 10.0. The Morgan fingerprint density at radius 2 is 0.590 bits per heavy atom. The molecule has 0 unspecified atom stereocenters. The predicted molar refractivity (Wildman–Crippen MR) is 378 cm³/mol. The Bertz CT molecular complexity index is 4620. The van der Waals surface area contributed by atoms with Crippen LogP contribution in [0.4, 0.5) is 125 Å². The van der Waals surface area contributed by atoms with Crippen molar-refractivity contribution in [3.05, 3.63) is 267 Å². The van der Waals surface area contributed by atoms with Crippen molar-refractivity contribution in [3.8, 4) is 0 Å². The maximum Gasteiger partial charge on any atom is 0.418 e. The number of amides is 5. The molecule has 520 valence electrons. The molecule has 0 heterocycles. The summed E-state index contributed by atoms with van der Waals surface area (Å²) in [7, 11) is 0. The highest BCUT2D eigenvalue weighted by Crippen LogP contribution is 2.37. The van der Waals surface area contributed by atoms with Gasteiger partial charge < -0.3 is 83.9 Å². The second kappa shape index (κ2) is 33.1. The summed E-state index contributed by atoms with van der Waals surface area (Å²) in [6.07, 6.45) is -13.9. The van der Waals surface area contributed by atoms with Crippen LogP contribution in [0.2, 0.25) is 0 Å². The summed E-state index contributed by atoms with van der Waals surface area (Å²) in [6, 6.07) is 50.7. The molecule has 0 aliphatic rings. The molecule has 0 atom stereocenters. The molecule has 0 bridgehead atoms. The minimum Gasteiger partial charge on any atom is -0.399 e. The zero-order chi connectivity index (χ0) is 74.0. The molecule has 10 rings (SSSR count). The fourth-order valence-corrected chi connectivity index (χ4v) is 8.92. The molecule has 0 saturated heterocycles. The first kappa shape index (κ1) is 75.9. The Balaban J connectivity index is 0.000000197. The molecule has 10 aromatic carbocycles. The number of alkyl halides is 9. The van der Waals surface area contributed by atoms with Gasteiger partial charge in [-0.1, -0.05) is 24.3 Å². The summed E-state index contributed by atoms with van der Waals surface area (Å²) in [6.45, 7) is 5.46. The van der Waals surface area contributed by atoms with E-state index in [1.807, 2.05) is 19.9 Å². The molecule has 0 spiro atoms. The summed E-state index contributed by atoms with van der Waals surface area (Å²) in [5.41, 5.74) is 60.4. The number of aryl methyl sites for hydroxylation is 3. The molecule has 20 nitrogen and oxygen atoms in total. The molecule has 29 heteroatoms. The van der Waals surface area contributed by atoms with Crippen LogP contribution in [0.3, 0.4) is 0 Å². The number of rotatable bonds is 10. The standard InChI is InChI=1S/C15H14F3N3O.2C14H12F3N3O.2C14H15N3O/c1-8-6-9(19)3-5-13(8)21-14(22)11-4-2-10(20)7-12(11)15(16,17)18;15-14(16,17)12-7-9(19)4-5-11(12)13(21)20-10-3-1-2-8(18)6-10;15-14(16,17)11-7-10(4-5-12(11)19)20-13(21)8-2-1-3-9(18)6-8;1-9-7-10(5-6-13(9)16)14(18)17-12-4-2-3-11(15)8-12;1-9-7-12(16)5-6-13(9)17-14(18)10-3-2-4-11(15)8-10/h2-7H,19-20H2,1H3,(H,21,22);2*1-7H,18-19H2,(H,20,21);2*2-8H,15-16H2,1H3,(H,17,18). The second-order valence-corrected chi connectivity index (χ2v) is 21.9. The van der Waals surface area contributed by atoms with Crippen molar-refractivity contribution in [2.24, 2.45) is 0 Å². The van der Waals surface area contributed by atoms with Crippen LogP contribution < -0.4 is 83.9 Å². The fraction of sp³-hybridized carbons (Fsp3) is 0.0845. The Hall–Kier alpha value is -13.1. The number of carbonyl (C=O) groups excluding carboxylic acids is 5. The number of nitrogens with two attached hydrogens (primary N) is 10. The van der Waals surface area contributed by atoms with Gasteiger partial charge in [0.05, 0.1) is 27.8 Å². The van der Waals surface area contributed by atoms with Gasteiger partial charge in [0, 0.05) is 102 Å². The Kier molecular flexibility index (Phi) is 25.1. The van der Waals surface area contributed by atoms with Gasteiger partial charge in [-0.25, -0.2) is 0 Å². The van der Waals surface area contributed by atoms with E-state index in [0.717, 1.165) is 53.2 Å². The maximum absolute atomic E-state index is 13.0. The van der Waals surface area contributed by atoms with E-state index < -0.39 is 69.8 Å². The van der Waals surface area contributed by atoms with Crippen molar-refractivity contribution in [2.45, 2.75) is 39.3 Å². The molecule has 100 heavy (non-hydrogen) atoms. The van der Waals surface area contributed by atoms with E-state index in [9.17, 15) is 63.5 Å². The number of anilines is 15. The molecule has 0 aliphatic heterocycles. The number of benzene rings is 10. The third-order valence-electron chi connectivity index (χ3n) is 13.9. The highest BCUT2D eigenvalue weighted by molar-refractivity contribution is 6.08. The van der Waals surface area contributed by atoms with Crippen molar-refractivity contribution < 1.29 is 63.5 Å². The summed E-state index contributed by atoms with van der Waals surface area (Å²) in [5, 5.41) is 12.8. The van der Waals surface area contributed by atoms with E-state index in [-0.39, 0.29) is 34.4 Å². The molecule has 0 saturated carbocycles. The van der Waals surface area contributed by atoms with E-state index in [0.29, 0.717) is 73.6 Å². The average molecular weight is 1380 g/mol. The number of carbonyl (C=O) groups is 5. The quantitative estimate of drug-likeness (QED) is 0.0447. The molecule has 0 aliphatic carbocycles. The van der Waals surface area contributed by atoms with Crippen LogP contribution in [-0.2, 0) is 18.5 Å². The van der Waals surface area contributed by atoms with Gasteiger partial charge in [0.25, 0.3) is 29.5 Å². The molecule has 0 fully saturated rings. The Morgan fingerprint density at radius 3 is 0.980 bits per heavy atom. The fourth-order valence-electron chi connectivity index (χ4n) is 8.92. The van der Waals surface area contributed by atoms with Crippen LogP contribution in [0, 0.1) is 20.8 Å². The first-order valence-electron chi connectivity index (χ1n) is 29.3. The van der Waals surface area contributed by atoms with E-state index in [2.05, 4.69) is 26.6 Å². The van der Waals surface area contributed by atoms with Crippen molar-refractivity contribution in [2.75, 3.05) is 83.9 Å². The lowest BCUT2D eigenvalue weighted by Gasteiger charge is -2.14. The largest absolute Gasteiger partial charge is 0.418 e. The summed E-state index contributed by atoms with van der Waals surface area (Å²) >= 11 is 0. The van der Waals surface area contributed by atoms with Crippen molar-refractivity contribution in [1.29, 1.82) is 0 Å². The summed E-state index contributed by atoms with van der Waals surface area (Å²) < 4.78 is 116. The Morgan fingerprint density at radius 1 is 0.270 bits per heavy atom. The summed E-state index contributed by atoms with van der Waals surface area (Å²) in [4.78, 5) is 60.1. The van der Waals surface area contributed by atoms with Crippen LogP contribution in [0.15, 0.2) is 206 Å². The average Bonchev–Trinajstić information content (AvgIpc) is 0.816. The van der Waals surface area contributed by atoms with E-state index in [4.69, 9.17) is 57.3 Å². The van der Waals surface area contributed by atoms with Crippen LogP contribution in [0.25, 0.3) is 0 Å². The Labute approximate surface area is 566 Å². The number of nitrogen functional groups attached to an aromatic ring is 10. The zero-order valence-electron chi connectivity index (χ0n) is 53.3. The number of halogens is 9. The third kappa shape index (κ3) is 22.5. The van der Waals surface area contributed by atoms with Gasteiger partial charge in [0.1, 0.15) is 0 Å². The SMILES string of the molecule is Cc1cc(C(=O)Nc2cccc(N)c2)ccc1N.Cc1cc(N)ccc1NC(=O)c1ccc(N)cc1C(F)(F)F.Cc1cc(N)ccc1NC(=O)c1cccc(N)c1.Nc1cccc(C(=O)Nc2ccc(N)c(C(F)(F)F)c2)c1.Nc1cccc(NC(=O)c2ccc(N)cc2C(F)(F)F)c1. The lowest BCUT2D eigenvalue weighted by Crippen LogP contribution is -2.19. The van der Waals surface area contributed by atoms with E-state index in [1.165, 1.54) is 48.5 Å². The highest BCUT2D eigenvalue weighted by Gasteiger charge is 2.37. The maximum atomic E-state index is 13.0. The van der Waals surface area contributed by atoms with Crippen LogP contribution >= 0.6 is 0 Å². The second-order valence-electron chi connectivity index (χ2n) is 21.9. The van der Waals surface area contributed by atoms with E-state index >= 15 is 0 Å². The van der Waals surface area contributed by atoms with Crippen molar-refractivity contribution in [1.82, 2.24) is 0 Å². The first-order chi connectivity index (χ1) is 46.8. The van der Waals surface area contributed by atoms with E-state index in [1.54, 1.807) is 122 Å². The van der Waals surface area contributed by atoms with Gasteiger partial charge in [-0.05, 0) is 219 Å². The normalized spacial score (nSPS) is 10.8. The topological polar surface area (TPSA) is 406 Å². The molecular weight excluding hydrogens is 1310 g/mol. The molecule has 5 amide bonds. The molecule has 25 N–H and O–H groups in total. The van der Waals surface area contributed by atoms with Crippen molar-refractivity contribution in [3.63, 3.8) is 0 Å². The minimum atomic E-state index is -4.67. The molecule has 0 aromatic heterocycles. The molecule has 0 radical (unpaired) electrons. The van der Waals surface area contributed by atoms with Crippen molar-refractivity contribution >= 4 is 115 Å². The lowest BCUT2D eigenvalue weighted by molar-refractivity contribution is -0.138. The van der Waals surface area contributed by atoms with Gasteiger partial charge in [0.15, 0.2) is 0 Å². The molecular formula is C71H68F9N15O5. The minimum absolute atomic E-state index is 0.00366. The van der Waals surface area contributed by atoms with Gasteiger partial charge in [-0.3, -0.25) is 24.0 Å².